The van der Waals surface area contributed by atoms with E-state index in [1.807, 2.05) is 32.9 Å². The molecular weight excluding hydrogens is 300 g/mol. The van der Waals surface area contributed by atoms with Gasteiger partial charge in [-0.3, -0.25) is 9.59 Å². The lowest BCUT2D eigenvalue weighted by Crippen LogP contribution is -2.48. The van der Waals surface area contributed by atoms with Crippen molar-refractivity contribution in [1.82, 2.24) is 10.2 Å². The molecule has 6 heteroatoms. The lowest BCUT2D eigenvalue weighted by atomic mass is 9.91. The number of nitrogens with one attached hydrogen (secondary N) is 1. The topological polar surface area (TPSA) is 62.6 Å². The summed E-state index contributed by atoms with van der Waals surface area (Å²) in [4.78, 5) is 26.4. The van der Waals surface area contributed by atoms with Crippen LogP contribution in [0.15, 0.2) is 22.8 Å². The van der Waals surface area contributed by atoms with Gasteiger partial charge in [0.05, 0.1) is 12.1 Å². The van der Waals surface area contributed by atoms with E-state index in [0.29, 0.717) is 31.0 Å². The molecule has 0 unspecified atom stereocenters. The molecule has 1 aromatic rings. The van der Waals surface area contributed by atoms with Crippen LogP contribution in [0.1, 0.15) is 33.0 Å². The second-order valence-electron chi connectivity index (χ2n) is 6.74. The molecule has 2 rings (SSSR count). The maximum Gasteiger partial charge on any atom is 0.243 e. The van der Waals surface area contributed by atoms with Gasteiger partial charge in [0.1, 0.15) is 11.8 Å². The predicted molar refractivity (Wildman–Crippen MR) is 87.5 cm³/mol. The van der Waals surface area contributed by atoms with Crippen molar-refractivity contribution in [1.29, 1.82) is 0 Å². The van der Waals surface area contributed by atoms with E-state index >= 15 is 0 Å². The second-order valence-corrected chi connectivity index (χ2v) is 7.74. The van der Waals surface area contributed by atoms with Crippen LogP contribution in [0.25, 0.3) is 0 Å². The number of furan rings is 1. The molecular formula is C16H24N2O3S. The number of amides is 2. The Labute approximate surface area is 135 Å². The fraction of sp³-hybridized carbons (Fsp3) is 0.625. The summed E-state index contributed by atoms with van der Waals surface area (Å²) >= 11 is 1.63. The van der Waals surface area contributed by atoms with E-state index in [1.54, 1.807) is 22.9 Å². The highest BCUT2D eigenvalue weighted by molar-refractivity contribution is 7.99. The third kappa shape index (κ3) is 4.80. The smallest absolute Gasteiger partial charge is 0.243 e. The van der Waals surface area contributed by atoms with Crippen LogP contribution in [-0.2, 0) is 16.0 Å². The van der Waals surface area contributed by atoms with Crippen LogP contribution in [0.3, 0.4) is 0 Å². The van der Waals surface area contributed by atoms with Gasteiger partial charge in [0.25, 0.3) is 0 Å². The summed E-state index contributed by atoms with van der Waals surface area (Å²) in [7, 11) is 0. The molecule has 1 aromatic heterocycles. The zero-order valence-electron chi connectivity index (χ0n) is 13.4. The van der Waals surface area contributed by atoms with Crippen LogP contribution in [0.4, 0.5) is 0 Å². The van der Waals surface area contributed by atoms with Gasteiger partial charge in [0, 0.05) is 25.1 Å². The van der Waals surface area contributed by atoms with E-state index in [2.05, 4.69) is 5.32 Å². The first kappa shape index (κ1) is 16.9. The first-order chi connectivity index (χ1) is 10.4. The summed E-state index contributed by atoms with van der Waals surface area (Å²) in [5, 5.41) is 2.90. The minimum atomic E-state index is -0.351. The third-order valence-corrected chi connectivity index (χ3v) is 4.45. The van der Waals surface area contributed by atoms with Crippen LogP contribution in [0.5, 0.6) is 0 Å². The Balaban J connectivity index is 1.84. The van der Waals surface area contributed by atoms with Crippen molar-refractivity contribution in [3.8, 4) is 0 Å². The summed E-state index contributed by atoms with van der Waals surface area (Å²) in [6.45, 7) is 6.63. The molecule has 1 aliphatic rings. The fourth-order valence-corrected chi connectivity index (χ4v) is 3.52. The van der Waals surface area contributed by atoms with Gasteiger partial charge in [0.2, 0.25) is 11.8 Å². The van der Waals surface area contributed by atoms with E-state index in [1.165, 1.54) is 0 Å². The molecule has 2 heterocycles. The van der Waals surface area contributed by atoms with Gasteiger partial charge < -0.3 is 14.6 Å². The summed E-state index contributed by atoms with van der Waals surface area (Å²) in [5.41, 5.74) is -0.0648. The molecule has 0 aliphatic carbocycles. The highest BCUT2D eigenvalue weighted by Crippen LogP contribution is 2.26. The van der Waals surface area contributed by atoms with Crippen molar-refractivity contribution in [2.45, 2.75) is 39.7 Å². The van der Waals surface area contributed by atoms with Gasteiger partial charge in [-0.15, -0.1) is 11.8 Å². The van der Waals surface area contributed by atoms with E-state index in [0.717, 1.165) is 5.76 Å². The molecule has 2 amide bonds. The molecule has 22 heavy (non-hydrogen) atoms. The van der Waals surface area contributed by atoms with Crippen molar-refractivity contribution in [3.05, 3.63) is 24.2 Å². The molecule has 1 fully saturated rings. The molecule has 0 spiro atoms. The second kappa shape index (κ2) is 7.22. The van der Waals surface area contributed by atoms with Gasteiger partial charge in [-0.05, 0) is 17.5 Å². The quantitative estimate of drug-likeness (QED) is 0.902. The van der Waals surface area contributed by atoms with Crippen LogP contribution in [-0.4, -0.2) is 40.9 Å². The van der Waals surface area contributed by atoms with Crippen molar-refractivity contribution in [2.75, 3.05) is 18.2 Å². The molecule has 0 aromatic carbocycles. The molecule has 0 radical (unpaired) electrons. The molecule has 1 aliphatic heterocycles. The van der Waals surface area contributed by atoms with Crippen molar-refractivity contribution in [3.63, 3.8) is 0 Å². The van der Waals surface area contributed by atoms with Gasteiger partial charge in [-0.1, -0.05) is 20.8 Å². The maximum atomic E-state index is 12.4. The molecule has 0 saturated carbocycles. The number of rotatable bonds is 5. The summed E-state index contributed by atoms with van der Waals surface area (Å²) in [6, 6.07) is 3.37. The Bertz CT molecular complexity index is 508. The fourth-order valence-electron chi connectivity index (χ4n) is 2.34. The van der Waals surface area contributed by atoms with Gasteiger partial charge >= 0.3 is 0 Å². The monoisotopic (exact) mass is 324 g/mol. The number of hydrogen-bond acceptors (Lipinski definition) is 4. The average Bonchev–Trinajstić information content (AvgIpc) is 3.07. The zero-order chi connectivity index (χ0) is 16.2. The van der Waals surface area contributed by atoms with E-state index in [4.69, 9.17) is 4.42 Å². The van der Waals surface area contributed by atoms with Gasteiger partial charge in [0.15, 0.2) is 0 Å². The number of thioether (sulfide) groups is 1. The van der Waals surface area contributed by atoms with E-state index < -0.39 is 0 Å². The lowest BCUT2D eigenvalue weighted by molar-refractivity contribution is -0.139. The Morgan fingerprint density at radius 1 is 1.45 bits per heavy atom. The minimum absolute atomic E-state index is 0.0590. The number of carbonyl (C=O) groups excluding carboxylic acids is 2. The first-order valence-corrected chi connectivity index (χ1v) is 8.69. The molecule has 1 saturated heterocycles. The number of nitrogens with zero attached hydrogens (tertiary/aromatic N) is 1. The number of carbonyl (C=O) groups is 2. The largest absolute Gasteiger partial charge is 0.469 e. The summed E-state index contributed by atoms with van der Waals surface area (Å²) in [5.74, 6) is 2.11. The first-order valence-electron chi connectivity index (χ1n) is 7.54. The maximum absolute atomic E-state index is 12.4. The standard InChI is InChI=1S/C16H24N2O3S/c1-16(2,3)9-14(19)18-11-22-10-13(18)15(20)17-7-6-12-5-4-8-21-12/h4-5,8,13H,6-7,9-11H2,1-3H3,(H,17,20)/t13-/m0/s1. The van der Waals surface area contributed by atoms with Crippen molar-refractivity contribution >= 4 is 23.6 Å². The van der Waals surface area contributed by atoms with Crippen LogP contribution in [0.2, 0.25) is 0 Å². The normalized spacial score (nSPS) is 18.5. The Hall–Kier alpha value is -1.43. The zero-order valence-corrected chi connectivity index (χ0v) is 14.2. The molecule has 1 atom stereocenters. The lowest BCUT2D eigenvalue weighted by Gasteiger charge is -2.26. The van der Waals surface area contributed by atoms with Crippen LogP contribution >= 0.6 is 11.8 Å². The third-order valence-electron chi connectivity index (χ3n) is 3.44. The van der Waals surface area contributed by atoms with Crippen molar-refractivity contribution < 1.29 is 14.0 Å². The Morgan fingerprint density at radius 2 is 2.23 bits per heavy atom. The van der Waals surface area contributed by atoms with Gasteiger partial charge in [-0.2, -0.15) is 0 Å². The number of hydrogen-bond donors (Lipinski definition) is 1. The van der Waals surface area contributed by atoms with Crippen molar-refractivity contribution in [2.24, 2.45) is 5.41 Å². The molecule has 122 valence electrons. The summed E-state index contributed by atoms with van der Waals surface area (Å²) in [6.07, 6.45) is 2.75. The van der Waals surface area contributed by atoms with Crippen LogP contribution in [0, 0.1) is 5.41 Å². The Kier molecular flexibility index (Phi) is 5.56. The van der Waals surface area contributed by atoms with Crippen LogP contribution < -0.4 is 5.32 Å². The minimum Gasteiger partial charge on any atom is -0.469 e. The summed E-state index contributed by atoms with van der Waals surface area (Å²) < 4.78 is 5.24. The SMILES string of the molecule is CC(C)(C)CC(=O)N1CSC[C@H]1C(=O)NCCc1ccco1. The highest BCUT2D eigenvalue weighted by Gasteiger charge is 2.35. The molecule has 0 bridgehead atoms. The van der Waals surface area contributed by atoms with E-state index in [-0.39, 0.29) is 23.3 Å². The molecule has 5 nitrogen and oxygen atoms in total. The molecule has 1 N–H and O–H groups in total. The van der Waals surface area contributed by atoms with Gasteiger partial charge in [-0.25, -0.2) is 0 Å². The Morgan fingerprint density at radius 3 is 2.86 bits per heavy atom. The van der Waals surface area contributed by atoms with E-state index in [9.17, 15) is 9.59 Å². The average molecular weight is 324 g/mol. The highest BCUT2D eigenvalue weighted by atomic mass is 32.2. The predicted octanol–water partition coefficient (Wildman–Crippen LogP) is 2.28.